The molecule has 0 amide bonds. The van der Waals surface area contributed by atoms with Gasteiger partial charge in [-0.05, 0) is 18.2 Å². The van der Waals surface area contributed by atoms with Gasteiger partial charge in [0.1, 0.15) is 0 Å². The van der Waals surface area contributed by atoms with Crippen molar-refractivity contribution in [1.29, 1.82) is 0 Å². The molecule has 15 heavy (non-hydrogen) atoms. The van der Waals surface area contributed by atoms with Crippen molar-refractivity contribution in [3.05, 3.63) is 36.2 Å². The van der Waals surface area contributed by atoms with E-state index in [1.54, 1.807) is 30.6 Å². The largest absolute Gasteiger partial charge is 0.465 e. The van der Waals surface area contributed by atoms with Crippen molar-refractivity contribution in [2.45, 2.75) is 0 Å². The maximum absolute atomic E-state index is 11.4. The molecule has 0 fully saturated rings. The molecule has 0 spiro atoms. The number of esters is 1. The summed E-state index contributed by atoms with van der Waals surface area (Å²) in [4.78, 5) is 15.4. The summed E-state index contributed by atoms with van der Waals surface area (Å²) in [5, 5.41) is 1.53. The number of benzene rings is 1. The van der Waals surface area contributed by atoms with Gasteiger partial charge in [0.25, 0.3) is 0 Å². The lowest BCUT2D eigenvalue weighted by atomic mass is 10.1. The van der Waals surface area contributed by atoms with Crippen molar-refractivity contribution in [1.82, 2.24) is 4.98 Å². The maximum atomic E-state index is 11.4. The van der Waals surface area contributed by atoms with Gasteiger partial charge in [0, 0.05) is 28.9 Å². The fraction of sp³-hybridized carbons (Fsp3) is 0.0909. The minimum absolute atomic E-state index is 0.381. The van der Waals surface area contributed by atoms with Crippen LogP contribution in [0.15, 0.2) is 30.6 Å². The molecular weight excluding hydrogens is 192 g/mol. The zero-order valence-corrected chi connectivity index (χ0v) is 8.23. The first kappa shape index (κ1) is 9.45. The Hall–Kier alpha value is -2.10. The van der Waals surface area contributed by atoms with Crippen LogP contribution in [-0.4, -0.2) is 18.1 Å². The Morgan fingerprint density at radius 1 is 1.33 bits per heavy atom. The summed E-state index contributed by atoms with van der Waals surface area (Å²) in [5.41, 5.74) is 6.89. The van der Waals surface area contributed by atoms with Gasteiger partial charge in [0.2, 0.25) is 0 Å². The van der Waals surface area contributed by atoms with Gasteiger partial charge in [0.05, 0.1) is 12.7 Å². The molecule has 4 nitrogen and oxygen atoms in total. The Morgan fingerprint density at radius 2 is 2.13 bits per heavy atom. The molecule has 0 saturated heterocycles. The Balaban J connectivity index is 2.77. The first-order chi connectivity index (χ1) is 7.24. The zero-order chi connectivity index (χ0) is 10.8. The van der Waals surface area contributed by atoms with Gasteiger partial charge in [0.15, 0.2) is 0 Å². The van der Waals surface area contributed by atoms with Gasteiger partial charge < -0.3 is 10.5 Å². The standard InChI is InChI=1S/C11H10N2O2/c1-15-11(14)8-2-3-10(12)7-4-5-13-6-9(7)8/h2-6H,12H2,1H3. The van der Waals surface area contributed by atoms with Crippen LogP contribution in [0.3, 0.4) is 0 Å². The minimum Gasteiger partial charge on any atom is -0.465 e. The van der Waals surface area contributed by atoms with Crippen LogP contribution in [0.5, 0.6) is 0 Å². The van der Waals surface area contributed by atoms with Crippen LogP contribution in [0.1, 0.15) is 10.4 Å². The van der Waals surface area contributed by atoms with Crippen molar-refractivity contribution < 1.29 is 9.53 Å². The maximum Gasteiger partial charge on any atom is 0.338 e. The number of nitrogen functional groups attached to an aromatic ring is 1. The number of ether oxygens (including phenoxy) is 1. The second kappa shape index (κ2) is 3.57. The smallest absolute Gasteiger partial charge is 0.338 e. The van der Waals surface area contributed by atoms with E-state index in [1.807, 2.05) is 0 Å². The number of rotatable bonds is 1. The molecule has 0 aliphatic heterocycles. The van der Waals surface area contributed by atoms with E-state index in [4.69, 9.17) is 5.73 Å². The lowest BCUT2D eigenvalue weighted by Crippen LogP contribution is -2.03. The number of nitrogens with zero attached hydrogens (tertiary/aromatic N) is 1. The van der Waals surface area contributed by atoms with E-state index in [9.17, 15) is 4.79 Å². The van der Waals surface area contributed by atoms with Crippen molar-refractivity contribution in [3.63, 3.8) is 0 Å². The molecular formula is C11H10N2O2. The molecule has 0 radical (unpaired) electrons. The number of carbonyl (C=O) groups is 1. The lowest BCUT2D eigenvalue weighted by molar-refractivity contribution is 0.0603. The van der Waals surface area contributed by atoms with Gasteiger partial charge in [-0.15, -0.1) is 0 Å². The average Bonchev–Trinajstić information content (AvgIpc) is 2.29. The molecule has 1 heterocycles. The monoisotopic (exact) mass is 202 g/mol. The van der Waals surface area contributed by atoms with Crippen molar-refractivity contribution >= 4 is 22.4 Å². The van der Waals surface area contributed by atoms with E-state index in [1.165, 1.54) is 7.11 Å². The van der Waals surface area contributed by atoms with Crippen LogP contribution in [-0.2, 0) is 4.74 Å². The Labute approximate surface area is 86.7 Å². The van der Waals surface area contributed by atoms with Crippen LogP contribution in [0.25, 0.3) is 10.8 Å². The van der Waals surface area contributed by atoms with Gasteiger partial charge in [-0.1, -0.05) is 0 Å². The third kappa shape index (κ3) is 1.50. The van der Waals surface area contributed by atoms with Gasteiger partial charge in [-0.25, -0.2) is 4.79 Å². The van der Waals surface area contributed by atoms with Gasteiger partial charge >= 0.3 is 5.97 Å². The number of aromatic nitrogens is 1. The number of hydrogen-bond acceptors (Lipinski definition) is 4. The normalized spacial score (nSPS) is 10.2. The van der Waals surface area contributed by atoms with E-state index in [2.05, 4.69) is 9.72 Å². The number of nitrogens with two attached hydrogens (primary N) is 1. The zero-order valence-electron chi connectivity index (χ0n) is 8.23. The van der Waals surface area contributed by atoms with Crippen LogP contribution in [0, 0.1) is 0 Å². The molecule has 0 atom stereocenters. The highest BCUT2D eigenvalue weighted by molar-refractivity contribution is 6.07. The number of methoxy groups -OCH3 is 1. The molecule has 0 bridgehead atoms. The number of fused-ring (bicyclic) bond motifs is 1. The van der Waals surface area contributed by atoms with Crippen molar-refractivity contribution in [2.75, 3.05) is 12.8 Å². The van der Waals surface area contributed by atoms with Gasteiger partial charge in [-0.3, -0.25) is 4.98 Å². The first-order valence-corrected chi connectivity index (χ1v) is 4.44. The molecule has 2 N–H and O–H groups in total. The third-order valence-corrected chi connectivity index (χ3v) is 2.26. The summed E-state index contributed by atoms with van der Waals surface area (Å²) >= 11 is 0. The molecule has 0 saturated carbocycles. The minimum atomic E-state index is -0.381. The molecule has 2 rings (SSSR count). The van der Waals surface area contributed by atoms with Crippen LogP contribution in [0.4, 0.5) is 5.69 Å². The molecule has 0 unspecified atom stereocenters. The molecule has 1 aromatic heterocycles. The summed E-state index contributed by atoms with van der Waals surface area (Å²) in [5.74, 6) is -0.381. The average molecular weight is 202 g/mol. The lowest BCUT2D eigenvalue weighted by Gasteiger charge is -2.06. The summed E-state index contributed by atoms with van der Waals surface area (Å²) in [7, 11) is 1.35. The molecule has 2 aromatic rings. The number of carbonyl (C=O) groups excluding carboxylic acids is 1. The first-order valence-electron chi connectivity index (χ1n) is 4.44. The van der Waals surface area contributed by atoms with E-state index in [0.717, 1.165) is 5.39 Å². The highest BCUT2D eigenvalue weighted by Gasteiger charge is 2.11. The second-order valence-corrected chi connectivity index (χ2v) is 3.12. The van der Waals surface area contributed by atoms with E-state index < -0.39 is 0 Å². The van der Waals surface area contributed by atoms with Crippen LogP contribution < -0.4 is 5.73 Å². The fourth-order valence-electron chi connectivity index (χ4n) is 1.50. The van der Waals surface area contributed by atoms with Gasteiger partial charge in [-0.2, -0.15) is 0 Å². The van der Waals surface area contributed by atoms with Crippen molar-refractivity contribution in [3.8, 4) is 0 Å². The molecule has 4 heteroatoms. The predicted octanol–water partition coefficient (Wildman–Crippen LogP) is 1.60. The highest BCUT2D eigenvalue weighted by Crippen LogP contribution is 2.23. The summed E-state index contributed by atoms with van der Waals surface area (Å²) in [6.45, 7) is 0. The summed E-state index contributed by atoms with van der Waals surface area (Å²) in [6.07, 6.45) is 3.25. The van der Waals surface area contributed by atoms with E-state index in [-0.39, 0.29) is 5.97 Å². The fourth-order valence-corrected chi connectivity index (χ4v) is 1.50. The third-order valence-electron chi connectivity index (χ3n) is 2.26. The quantitative estimate of drug-likeness (QED) is 0.563. The number of pyridine rings is 1. The summed E-state index contributed by atoms with van der Waals surface area (Å²) < 4.78 is 4.68. The Morgan fingerprint density at radius 3 is 2.87 bits per heavy atom. The van der Waals surface area contributed by atoms with Crippen LogP contribution in [0.2, 0.25) is 0 Å². The number of hydrogen-bond donors (Lipinski definition) is 1. The van der Waals surface area contributed by atoms with Crippen molar-refractivity contribution in [2.24, 2.45) is 0 Å². The second-order valence-electron chi connectivity index (χ2n) is 3.12. The molecule has 0 aliphatic carbocycles. The topological polar surface area (TPSA) is 65.2 Å². The Kier molecular flexibility index (Phi) is 2.25. The Bertz CT molecular complexity index is 523. The highest BCUT2D eigenvalue weighted by atomic mass is 16.5. The molecule has 76 valence electrons. The van der Waals surface area contributed by atoms with E-state index >= 15 is 0 Å². The SMILES string of the molecule is COC(=O)c1ccc(N)c2ccncc12. The predicted molar refractivity (Wildman–Crippen MR) is 57.5 cm³/mol. The molecule has 1 aromatic carbocycles. The van der Waals surface area contributed by atoms with E-state index in [0.29, 0.717) is 16.6 Å². The number of anilines is 1. The van der Waals surface area contributed by atoms with Crippen LogP contribution >= 0.6 is 0 Å². The summed E-state index contributed by atoms with van der Waals surface area (Å²) in [6, 6.07) is 5.11. The molecule has 0 aliphatic rings.